The fraction of sp³-hybridized carbons (Fsp3) is 0.360. The summed E-state index contributed by atoms with van der Waals surface area (Å²) in [6.45, 7) is 0. The Balaban J connectivity index is 1.92. The average molecular weight is 518 g/mol. The normalized spacial score (nSPS) is 23.5. The van der Waals surface area contributed by atoms with Gasteiger partial charge in [0, 0.05) is 17.7 Å². The number of carbonyl (C=O) groups is 1. The maximum absolute atomic E-state index is 13.3. The molecule has 4 rings (SSSR count). The van der Waals surface area contributed by atoms with Crippen molar-refractivity contribution in [3.63, 3.8) is 0 Å². The highest BCUT2D eigenvalue weighted by molar-refractivity contribution is 5.89. The molecule has 0 aliphatic carbocycles. The third-order valence-corrected chi connectivity index (χ3v) is 6.21. The summed E-state index contributed by atoms with van der Waals surface area (Å²) < 4.78 is 33.0. The van der Waals surface area contributed by atoms with Crippen LogP contribution >= 0.6 is 0 Å². The zero-order chi connectivity index (χ0) is 27.0. The molecule has 0 bridgehead atoms. The lowest BCUT2D eigenvalue weighted by Crippen LogP contribution is -2.56. The van der Waals surface area contributed by atoms with Crippen molar-refractivity contribution in [2.45, 2.75) is 30.5 Å². The molecule has 1 aliphatic rings. The van der Waals surface area contributed by atoms with E-state index in [4.69, 9.17) is 28.1 Å². The standard InChI is InChI=1S/C25H26O12/c1-32-12-6-5-10(7-14(12)33-2)13-8-11(26)17-16(36-13)9-15(34-3)18(22(17)35-4)23-20(28)19(27)21(29)24(37-23)25(30)31/h5-9,19-21,23-24,27-29H,1-4H3,(H,30,31)/t19-,20-,21+,23+,24+/m1/s1. The summed E-state index contributed by atoms with van der Waals surface area (Å²) in [5.74, 6) is -0.534. The number of aliphatic hydroxyl groups excluding tert-OH is 3. The largest absolute Gasteiger partial charge is 0.496 e. The number of carboxylic acids is 1. The molecule has 12 nitrogen and oxygen atoms in total. The van der Waals surface area contributed by atoms with Crippen LogP contribution in [0.3, 0.4) is 0 Å². The number of carboxylic acid groups (broad SMARTS) is 1. The molecule has 5 atom stereocenters. The van der Waals surface area contributed by atoms with Crippen LogP contribution in [0.25, 0.3) is 22.3 Å². The van der Waals surface area contributed by atoms with Gasteiger partial charge in [0.15, 0.2) is 23.0 Å². The van der Waals surface area contributed by atoms with Crippen LogP contribution in [0.5, 0.6) is 23.0 Å². The first-order chi connectivity index (χ1) is 17.7. The molecule has 2 heterocycles. The molecular formula is C25H26O12. The molecule has 37 heavy (non-hydrogen) atoms. The van der Waals surface area contributed by atoms with E-state index in [9.17, 15) is 30.0 Å². The van der Waals surface area contributed by atoms with Gasteiger partial charge in [0.1, 0.15) is 52.6 Å². The lowest BCUT2D eigenvalue weighted by Gasteiger charge is -2.39. The topological polar surface area (TPSA) is 174 Å². The summed E-state index contributed by atoms with van der Waals surface area (Å²) in [5, 5.41) is 40.4. The van der Waals surface area contributed by atoms with Crippen molar-refractivity contribution in [1.29, 1.82) is 0 Å². The maximum Gasteiger partial charge on any atom is 0.335 e. The van der Waals surface area contributed by atoms with Gasteiger partial charge in [-0.05, 0) is 18.2 Å². The van der Waals surface area contributed by atoms with Gasteiger partial charge in [-0.15, -0.1) is 0 Å². The second kappa shape index (κ2) is 10.3. The molecule has 0 saturated carbocycles. The quantitative estimate of drug-likeness (QED) is 0.351. The van der Waals surface area contributed by atoms with Gasteiger partial charge in [-0.3, -0.25) is 4.79 Å². The number of rotatable bonds is 7. The first kappa shape index (κ1) is 26.2. The van der Waals surface area contributed by atoms with Gasteiger partial charge in [-0.1, -0.05) is 0 Å². The third kappa shape index (κ3) is 4.44. The molecule has 0 unspecified atom stereocenters. The molecule has 4 N–H and O–H groups in total. The lowest BCUT2D eigenvalue weighted by atomic mass is 9.89. The Kier molecular flexibility index (Phi) is 7.28. The van der Waals surface area contributed by atoms with Gasteiger partial charge in [0.05, 0.1) is 34.0 Å². The molecule has 3 aromatic rings. The Labute approximate surface area is 210 Å². The van der Waals surface area contributed by atoms with Gasteiger partial charge in [0.2, 0.25) is 0 Å². The van der Waals surface area contributed by atoms with E-state index in [1.165, 1.54) is 40.6 Å². The lowest BCUT2D eigenvalue weighted by molar-refractivity contribution is -0.230. The van der Waals surface area contributed by atoms with Gasteiger partial charge in [-0.2, -0.15) is 0 Å². The monoisotopic (exact) mass is 518 g/mol. The van der Waals surface area contributed by atoms with Crippen LogP contribution < -0.4 is 24.4 Å². The van der Waals surface area contributed by atoms with Crippen LogP contribution in [0.2, 0.25) is 0 Å². The molecule has 1 saturated heterocycles. The van der Waals surface area contributed by atoms with Gasteiger partial charge < -0.3 is 48.5 Å². The molecule has 2 aromatic carbocycles. The second-order valence-electron chi connectivity index (χ2n) is 8.23. The summed E-state index contributed by atoms with van der Waals surface area (Å²) in [5.41, 5.74) is 0.0299. The van der Waals surface area contributed by atoms with Crippen molar-refractivity contribution in [2.24, 2.45) is 0 Å². The Morgan fingerprint density at radius 2 is 1.51 bits per heavy atom. The predicted octanol–water partition coefficient (Wildman–Crippen LogP) is 1.10. The fourth-order valence-electron chi connectivity index (χ4n) is 4.38. The number of aliphatic carboxylic acids is 1. The van der Waals surface area contributed by atoms with Crippen molar-refractivity contribution in [3.8, 4) is 34.3 Å². The molecule has 1 aliphatic heterocycles. The van der Waals surface area contributed by atoms with E-state index >= 15 is 0 Å². The SMILES string of the molecule is COc1ccc(-c2cc(=O)c3c(OC)c([C@@H]4O[C@H](C(=O)O)[C@@H](O)[C@H](O)[C@H]4O)c(OC)cc3o2)cc1OC. The summed E-state index contributed by atoms with van der Waals surface area (Å²) in [7, 11) is 5.53. The van der Waals surface area contributed by atoms with Crippen LogP contribution in [-0.4, -0.2) is 79.3 Å². The molecule has 12 heteroatoms. The minimum Gasteiger partial charge on any atom is -0.496 e. The molecule has 1 aromatic heterocycles. The number of fused-ring (bicyclic) bond motifs is 1. The first-order valence-electron chi connectivity index (χ1n) is 11.0. The molecule has 1 fully saturated rings. The number of hydrogen-bond acceptors (Lipinski definition) is 11. The van der Waals surface area contributed by atoms with E-state index in [0.29, 0.717) is 17.1 Å². The Morgan fingerprint density at radius 3 is 2.11 bits per heavy atom. The van der Waals surface area contributed by atoms with E-state index in [1.54, 1.807) is 18.2 Å². The molecule has 198 valence electrons. The number of aliphatic hydroxyl groups is 3. The molecule has 0 amide bonds. The number of ether oxygens (including phenoxy) is 5. The Bertz CT molecular complexity index is 1380. The first-order valence-corrected chi connectivity index (χ1v) is 11.0. The smallest absolute Gasteiger partial charge is 0.335 e. The van der Waals surface area contributed by atoms with Crippen molar-refractivity contribution in [2.75, 3.05) is 28.4 Å². The predicted molar refractivity (Wildman–Crippen MR) is 127 cm³/mol. The zero-order valence-corrected chi connectivity index (χ0v) is 20.3. The van der Waals surface area contributed by atoms with Gasteiger partial charge >= 0.3 is 5.97 Å². The van der Waals surface area contributed by atoms with Crippen LogP contribution in [0.1, 0.15) is 11.7 Å². The average Bonchev–Trinajstić information content (AvgIpc) is 2.90. The van der Waals surface area contributed by atoms with Crippen LogP contribution in [0, 0.1) is 0 Å². The zero-order valence-electron chi connectivity index (χ0n) is 20.3. The number of hydrogen-bond donors (Lipinski definition) is 4. The van der Waals surface area contributed by atoms with E-state index in [1.807, 2.05) is 0 Å². The van der Waals surface area contributed by atoms with E-state index in [-0.39, 0.29) is 33.8 Å². The maximum atomic E-state index is 13.3. The van der Waals surface area contributed by atoms with E-state index in [0.717, 1.165) is 0 Å². The fourth-order valence-corrected chi connectivity index (χ4v) is 4.38. The van der Waals surface area contributed by atoms with Crippen LogP contribution in [-0.2, 0) is 9.53 Å². The number of methoxy groups -OCH3 is 4. The third-order valence-electron chi connectivity index (χ3n) is 6.21. The van der Waals surface area contributed by atoms with Crippen molar-refractivity contribution < 1.29 is 53.3 Å². The van der Waals surface area contributed by atoms with Crippen molar-refractivity contribution >= 4 is 16.9 Å². The van der Waals surface area contributed by atoms with Crippen LogP contribution in [0.15, 0.2) is 39.5 Å². The van der Waals surface area contributed by atoms with Gasteiger partial charge in [0.25, 0.3) is 0 Å². The Hall–Kier alpha value is -3.84. The highest BCUT2D eigenvalue weighted by Crippen LogP contribution is 2.45. The van der Waals surface area contributed by atoms with Crippen molar-refractivity contribution in [1.82, 2.24) is 0 Å². The summed E-state index contributed by atoms with van der Waals surface area (Å²) in [6.07, 6.45) is -8.93. The summed E-state index contributed by atoms with van der Waals surface area (Å²) in [4.78, 5) is 24.9. The van der Waals surface area contributed by atoms with Crippen molar-refractivity contribution in [3.05, 3.63) is 46.1 Å². The molecule has 0 radical (unpaired) electrons. The second-order valence-corrected chi connectivity index (χ2v) is 8.23. The molecular weight excluding hydrogens is 492 g/mol. The highest BCUT2D eigenvalue weighted by atomic mass is 16.6. The van der Waals surface area contributed by atoms with Crippen LogP contribution in [0.4, 0.5) is 0 Å². The van der Waals surface area contributed by atoms with E-state index in [2.05, 4.69) is 0 Å². The number of benzene rings is 2. The summed E-state index contributed by atoms with van der Waals surface area (Å²) in [6, 6.07) is 7.57. The minimum atomic E-state index is -1.89. The summed E-state index contributed by atoms with van der Waals surface area (Å²) >= 11 is 0. The minimum absolute atomic E-state index is 0.0220. The van der Waals surface area contributed by atoms with E-state index < -0.39 is 41.9 Å². The molecule has 0 spiro atoms. The van der Waals surface area contributed by atoms with Gasteiger partial charge in [-0.25, -0.2) is 4.79 Å². The Morgan fingerprint density at radius 1 is 0.838 bits per heavy atom. The highest BCUT2D eigenvalue weighted by Gasteiger charge is 2.49.